The topological polar surface area (TPSA) is 67.4 Å². The Bertz CT molecular complexity index is 268. The minimum absolute atomic E-state index is 0.0131. The van der Waals surface area contributed by atoms with Crippen molar-refractivity contribution in [1.29, 1.82) is 0 Å². The summed E-state index contributed by atoms with van der Waals surface area (Å²) in [5.74, 6) is 0.302. The van der Waals surface area contributed by atoms with Crippen LogP contribution in [-0.2, 0) is 14.3 Å². The molecule has 1 aliphatic rings. The number of hydrogen-bond acceptors (Lipinski definition) is 4. The van der Waals surface area contributed by atoms with Gasteiger partial charge in [0.15, 0.2) is 0 Å². The van der Waals surface area contributed by atoms with Gasteiger partial charge in [-0.05, 0) is 32.2 Å². The van der Waals surface area contributed by atoms with E-state index < -0.39 is 0 Å². The van der Waals surface area contributed by atoms with Crippen molar-refractivity contribution in [3.63, 3.8) is 0 Å². The van der Waals surface area contributed by atoms with Gasteiger partial charge >= 0.3 is 5.97 Å². The second kappa shape index (κ2) is 7.27. The summed E-state index contributed by atoms with van der Waals surface area (Å²) in [6, 6.07) is -0.110. The normalized spacial score (nSPS) is 24.1. The van der Waals surface area contributed by atoms with Crippen molar-refractivity contribution in [1.82, 2.24) is 10.6 Å². The quantitative estimate of drug-likeness (QED) is 0.687. The summed E-state index contributed by atoms with van der Waals surface area (Å²) >= 11 is 0. The fourth-order valence-corrected chi connectivity index (χ4v) is 1.95. The number of carbonyl (C=O) groups excluding carboxylic acids is 2. The average molecular weight is 242 g/mol. The third-order valence-corrected chi connectivity index (χ3v) is 2.92. The minimum Gasteiger partial charge on any atom is -0.466 e. The third kappa shape index (κ3) is 5.17. The lowest BCUT2D eigenvalue weighted by Gasteiger charge is -2.27. The maximum Gasteiger partial charge on any atom is 0.307 e. The molecule has 0 aromatic carbocycles. The van der Waals surface area contributed by atoms with E-state index in [-0.39, 0.29) is 24.3 Å². The largest absolute Gasteiger partial charge is 0.466 e. The third-order valence-electron chi connectivity index (χ3n) is 2.92. The average Bonchev–Trinajstić information content (AvgIpc) is 2.29. The number of piperidine rings is 1. The van der Waals surface area contributed by atoms with Gasteiger partial charge in [0.25, 0.3) is 0 Å². The highest BCUT2D eigenvalue weighted by Gasteiger charge is 2.24. The molecule has 5 nitrogen and oxygen atoms in total. The fourth-order valence-electron chi connectivity index (χ4n) is 1.95. The second-order valence-electron chi connectivity index (χ2n) is 4.48. The fraction of sp³-hybridized carbons (Fsp3) is 0.833. The molecule has 0 bridgehead atoms. The predicted octanol–water partition coefficient (Wildman–Crippen LogP) is 0.444. The molecule has 2 atom stereocenters. The van der Waals surface area contributed by atoms with Crippen molar-refractivity contribution < 1.29 is 14.3 Å². The minimum atomic E-state index is -0.266. The molecule has 17 heavy (non-hydrogen) atoms. The maximum atomic E-state index is 11.8. The molecule has 2 N–H and O–H groups in total. The number of esters is 1. The van der Waals surface area contributed by atoms with E-state index in [2.05, 4.69) is 17.6 Å². The zero-order valence-corrected chi connectivity index (χ0v) is 10.6. The van der Waals surface area contributed by atoms with Gasteiger partial charge in [-0.2, -0.15) is 0 Å². The standard InChI is InChI=1S/C12H22N2O3/c1-3-17-11(15)5-7-14-12(16)10-8-9(2)4-6-13-10/h9-10,13H,3-8H2,1-2H3,(H,14,16). The van der Waals surface area contributed by atoms with Crippen LogP contribution in [0.3, 0.4) is 0 Å². The number of hydrogen-bond donors (Lipinski definition) is 2. The van der Waals surface area contributed by atoms with Crippen LogP contribution < -0.4 is 10.6 Å². The molecule has 1 saturated heterocycles. The summed E-state index contributed by atoms with van der Waals surface area (Å²) in [7, 11) is 0. The molecule has 2 unspecified atom stereocenters. The number of amides is 1. The molecule has 0 radical (unpaired) electrons. The Morgan fingerprint density at radius 2 is 2.24 bits per heavy atom. The highest BCUT2D eigenvalue weighted by Crippen LogP contribution is 2.14. The Labute approximate surface area is 102 Å². The van der Waals surface area contributed by atoms with E-state index in [1.165, 1.54) is 0 Å². The molecule has 5 heteroatoms. The number of rotatable bonds is 5. The van der Waals surface area contributed by atoms with Crippen LogP contribution in [0.5, 0.6) is 0 Å². The van der Waals surface area contributed by atoms with Crippen molar-refractivity contribution in [3.8, 4) is 0 Å². The van der Waals surface area contributed by atoms with Gasteiger partial charge < -0.3 is 15.4 Å². The van der Waals surface area contributed by atoms with Crippen molar-refractivity contribution >= 4 is 11.9 Å². The first-order chi connectivity index (χ1) is 8.13. The zero-order chi connectivity index (χ0) is 12.7. The molecule has 1 amide bonds. The Kier molecular flexibility index (Phi) is 5.97. The molecule has 0 aromatic heterocycles. The van der Waals surface area contributed by atoms with Crippen LogP contribution in [0.15, 0.2) is 0 Å². The van der Waals surface area contributed by atoms with E-state index in [0.29, 0.717) is 19.1 Å². The molecule has 1 aliphatic heterocycles. The first kappa shape index (κ1) is 14.0. The van der Waals surface area contributed by atoms with Gasteiger partial charge in [0, 0.05) is 6.54 Å². The second-order valence-corrected chi connectivity index (χ2v) is 4.48. The Hall–Kier alpha value is -1.10. The molecule has 0 aliphatic carbocycles. The Morgan fingerprint density at radius 1 is 1.47 bits per heavy atom. The highest BCUT2D eigenvalue weighted by atomic mass is 16.5. The molecule has 1 heterocycles. The van der Waals surface area contributed by atoms with Crippen LogP contribution in [0.25, 0.3) is 0 Å². The molecule has 0 saturated carbocycles. The van der Waals surface area contributed by atoms with E-state index in [0.717, 1.165) is 19.4 Å². The van der Waals surface area contributed by atoms with Crippen LogP contribution in [0, 0.1) is 5.92 Å². The van der Waals surface area contributed by atoms with E-state index in [9.17, 15) is 9.59 Å². The zero-order valence-electron chi connectivity index (χ0n) is 10.6. The van der Waals surface area contributed by atoms with Gasteiger partial charge in [-0.3, -0.25) is 9.59 Å². The van der Waals surface area contributed by atoms with Crippen molar-refractivity contribution in [2.24, 2.45) is 5.92 Å². The van der Waals surface area contributed by atoms with Crippen LogP contribution in [0.2, 0.25) is 0 Å². The summed E-state index contributed by atoms with van der Waals surface area (Å²) in [6.45, 7) is 5.54. The number of ether oxygens (including phenoxy) is 1. The van der Waals surface area contributed by atoms with Crippen molar-refractivity contribution in [2.75, 3.05) is 19.7 Å². The lowest BCUT2D eigenvalue weighted by Crippen LogP contribution is -2.48. The van der Waals surface area contributed by atoms with Gasteiger partial charge in [0.2, 0.25) is 5.91 Å². The number of nitrogens with one attached hydrogen (secondary N) is 2. The Balaban J connectivity index is 2.18. The Morgan fingerprint density at radius 3 is 2.88 bits per heavy atom. The summed E-state index contributed by atoms with van der Waals surface area (Å²) in [6.07, 6.45) is 2.22. The SMILES string of the molecule is CCOC(=O)CCNC(=O)C1CC(C)CCN1. The van der Waals surface area contributed by atoms with Gasteiger partial charge in [-0.15, -0.1) is 0 Å². The smallest absolute Gasteiger partial charge is 0.307 e. The lowest BCUT2D eigenvalue weighted by atomic mass is 9.94. The van der Waals surface area contributed by atoms with Crippen molar-refractivity contribution in [2.45, 2.75) is 39.2 Å². The predicted molar refractivity (Wildman–Crippen MR) is 64.4 cm³/mol. The van der Waals surface area contributed by atoms with Gasteiger partial charge in [-0.1, -0.05) is 6.92 Å². The van der Waals surface area contributed by atoms with E-state index >= 15 is 0 Å². The summed E-state index contributed by atoms with van der Waals surface area (Å²) in [5, 5.41) is 5.94. The van der Waals surface area contributed by atoms with Gasteiger partial charge in [0.1, 0.15) is 0 Å². The summed E-state index contributed by atoms with van der Waals surface area (Å²) in [4.78, 5) is 22.8. The van der Waals surface area contributed by atoms with E-state index in [4.69, 9.17) is 4.74 Å². The molecule has 1 rings (SSSR count). The maximum absolute atomic E-state index is 11.8. The van der Waals surface area contributed by atoms with Crippen LogP contribution in [0.4, 0.5) is 0 Å². The van der Waals surface area contributed by atoms with Crippen LogP contribution >= 0.6 is 0 Å². The van der Waals surface area contributed by atoms with E-state index in [1.807, 2.05) is 0 Å². The highest BCUT2D eigenvalue weighted by molar-refractivity contribution is 5.82. The first-order valence-corrected chi connectivity index (χ1v) is 6.30. The first-order valence-electron chi connectivity index (χ1n) is 6.30. The van der Waals surface area contributed by atoms with Gasteiger partial charge in [-0.25, -0.2) is 0 Å². The summed E-state index contributed by atoms with van der Waals surface area (Å²) in [5.41, 5.74) is 0. The molecule has 1 fully saturated rings. The monoisotopic (exact) mass is 242 g/mol. The van der Waals surface area contributed by atoms with Crippen LogP contribution in [0.1, 0.15) is 33.1 Å². The van der Waals surface area contributed by atoms with Crippen LogP contribution in [-0.4, -0.2) is 37.6 Å². The molecular weight excluding hydrogens is 220 g/mol. The molecule has 0 spiro atoms. The molecule has 98 valence electrons. The molecule has 0 aromatic rings. The lowest BCUT2D eigenvalue weighted by molar-refractivity contribution is -0.143. The van der Waals surface area contributed by atoms with Crippen molar-refractivity contribution in [3.05, 3.63) is 0 Å². The van der Waals surface area contributed by atoms with E-state index in [1.54, 1.807) is 6.92 Å². The number of carbonyl (C=O) groups is 2. The van der Waals surface area contributed by atoms with Gasteiger partial charge in [0.05, 0.1) is 19.1 Å². The summed E-state index contributed by atoms with van der Waals surface area (Å²) < 4.78 is 4.78. The molecular formula is C12H22N2O3.